The summed E-state index contributed by atoms with van der Waals surface area (Å²) < 4.78 is 0. The van der Waals surface area contributed by atoms with E-state index in [4.69, 9.17) is 16.7 Å². The minimum Gasteiger partial charge on any atom is -0.481 e. The number of Topliss-reactive ketones (excluding diaryl/α,β-unsaturated/α-hetero) is 1. The fourth-order valence-electron chi connectivity index (χ4n) is 1.02. The Hall–Kier alpha value is -1.31. The molecular weight excluding hydrogens is 248 g/mol. The molecule has 0 amide bonds. The Kier molecular flexibility index (Phi) is 5.03. The minimum atomic E-state index is -0.966. The Bertz CT molecular complexity index is 453. The van der Waals surface area contributed by atoms with Crippen molar-refractivity contribution in [2.24, 2.45) is 0 Å². The van der Waals surface area contributed by atoms with Crippen molar-refractivity contribution in [2.75, 3.05) is 5.88 Å². The van der Waals surface area contributed by atoms with Crippen LogP contribution in [0.15, 0.2) is 12.1 Å². The van der Waals surface area contributed by atoms with Gasteiger partial charge in [-0.15, -0.1) is 22.9 Å². The standard InChI is InChI=1S/C11H9ClO3S/c12-7-1-2-8-3-5-10(16-8)9(13)4-6-11(14)15/h3,5H,4,6-7H2,(H,14,15). The summed E-state index contributed by atoms with van der Waals surface area (Å²) in [4.78, 5) is 23.1. The molecule has 0 radical (unpaired) electrons. The molecule has 0 unspecified atom stereocenters. The Labute approximate surface area is 102 Å². The molecule has 0 saturated heterocycles. The van der Waals surface area contributed by atoms with E-state index in [0.717, 1.165) is 4.88 Å². The lowest BCUT2D eigenvalue weighted by molar-refractivity contribution is -0.136. The van der Waals surface area contributed by atoms with Crippen molar-refractivity contribution in [1.82, 2.24) is 0 Å². The number of rotatable bonds is 4. The van der Waals surface area contributed by atoms with Crippen molar-refractivity contribution in [2.45, 2.75) is 12.8 Å². The Morgan fingerprint density at radius 3 is 2.75 bits per heavy atom. The molecule has 1 heterocycles. The normalized spacial score (nSPS) is 9.31. The molecular formula is C11H9ClO3S. The molecule has 0 saturated carbocycles. The van der Waals surface area contributed by atoms with Crippen LogP contribution < -0.4 is 0 Å². The van der Waals surface area contributed by atoms with Crippen molar-refractivity contribution < 1.29 is 14.7 Å². The molecule has 5 heteroatoms. The number of hydrogen-bond donors (Lipinski definition) is 1. The van der Waals surface area contributed by atoms with Gasteiger partial charge in [0.15, 0.2) is 5.78 Å². The SMILES string of the molecule is O=C(O)CCC(=O)c1ccc(C#CCCl)s1. The van der Waals surface area contributed by atoms with Crippen LogP contribution in [0.4, 0.5) is 0 Å². The number of thiophene rings is 1. The second kappa shape index (κ2) is 6.31. The second-order valence-corrected chi connectivity index (χ2v) is 4.27. The van der Waals surface area contributed by atoms with Gasteiger partial charge in [-0.2, -0.15) is 0 Å². The van der Waals surface area contributed by atoms with Gasteiger partial charge in [0.25, 0.3) is 0 Å². The molecule has 0 bridgehead atoms. The number of carbonyl (C=O) groups excluding carboxylic acids is 1. The van der Waals surface area contributed by atoms with E-state index in [1.54, 1.807) is 12.1 Å². The lowest BCUT2D eigenvalue weighted by Gasteiger charge is -1.93. The zero-order valence-electron chi connectivity index (χ0n) is 8.33. The van der Waals surface area contributed by atoms with Crippen molar-refractivity contribution in [3.05, 3.63) is 21.9 Å². The zero-order chi connectivity index (χ0) is 12.0. The van der Waals surface area contributed by atoms with Gasteiger partial charge in [0.05, 0.1) is 22.1 Å². The van der Waals surface area contributed by atoms with E-state index in [-0.39, 0.29) is 24.5 Å². The van der Waals surface area contributed by atoms with Crippen LogP contribution in [-0.2, 0) is 4.79 Å². The molecule has 0 spiro atoms. The molecule has 1 rings (SSSR count). The summed E-state index contributed by atoms with van der Waals surface area (Å²) in [6.45, 7) is 0. The van der Waals surface area contributed by atoms with Crippen LogP contribution in [0.3, 0.4) is 0 Å². The van der Waals surface area contributed by atoms with Crippen molar-refractivity contribution in [3.63, 3.8) is 0 Å². The number of carboxylic acid groups (broad SMARTS) is 1. The first kappa shape index (κ1) is 12.8. The predicted octanol–water partition coefficient (Wildman–Crippen LogP) is 2.39. The summed E-state index contributed by atoms with van der Waals surface area (Å²) >= 11 is 6.66. The van der Waals surface area contributed by atoms with Gasteiger partial charge in [0.2, 0.25) is 0 Å². The third kappa shape index (κ3) is 4.05. The lowest BCUT2D eigenvalue weighted by Crippen LogP contribution is -2.01. The van der Waals surface area contributed by atoms with E-state index in [1.165, 1.54) is 11.3 Å². The van der Waals surface area contributed by atoms with E-state index in [1.807, 2.05) is 0 Å². The fraction of sp³-hybridized carbons (Fsp3) is 0.273. The molecule has 0 fully saturated rings. The zero-order valence-corrected chi connectivity index (χ0v) is 9.90. The fourth-order valence-corrected chi connectivity index (χ4v) is 1.93. The molecule has 0 aromatic carbocycles. The Morgan fingerprint density at radius 1 is 1.38 bits per heavy atom. The topological polar surface area (TPSA) is 54.4 Å². The minimum absolute atomic E-state index is 0.0260. The second-order valence-electron chi connectivity index (χ2n) is 2.92. The number of aliphatic carboxylic acids is 1. The van der Waals surface area contributed by atoms with Gasteiger partial charge in [-0.1, -0.05) is 11.8 Å². The van der Waals surface area contributed by atoms with E-state index >= 15 is 0 Å². The molecule has 0 aliphatic heterocycles. The number of carbonyl (C=O) groups is 2. The summed E-state index contributed by atoms with van der Waals surface area (Å²) in [6.07, 6.45) is -0.113. The van der Waals surface area contributed by atoms with Crippen LogP contribution in [0.5, 0.6) is 0 Å². The van der Waals surface area contributed by atoms with Crippen LogP contribution in [0.25, 0.3) is 0 Å². The van der Waals surface area contributed by atoms with Crippen molar-refractivity contribution in [1.29, 1.82) is 0 Å². The van der Waals surface area contributed by atoms with Gasteiger partial charge in [0, 0.05) is 6.42 Å². The van der Waals surface area contributed by atoms with Gasteiger partial charge in [-0.05, 0) is 12.1 Å². The highest BCUT2D eigenvalue weighted by Crippen LogP contribution is 2.17. The van der Waals surface area contributed by atoms with Crippen LogP contribution in [0, 0.1) is 11.8 Å². The van der Waals surface area contributed by atoms with Gasteiger partial charge >= 0.3 is 5.97 Å². The quantitative estimate of drug-likeness (QED) is 0.511. The molecule has 0 aliphatic carbocycles. The smallest absolute Gasteiger partial charge is 0.303 e. The van der Waals surface area contributed by atoms with Gasteiger partial charge in [-0.25, -0.2) is 0 Å². The molecule has 1 N–H and O–H groups in total. The summed E-state index contributed by atoms with van der Waals surface area (Å²) in [6, 6.07) is 3.39. The van der Waals surface area contributed by atoms with E-state index in [0.29, 0.717) is 4.88 Å². The van der Waals surface area contributed by atoms with Crippen molar-refractivity contribution >= 4 is 34.7 Å². The maximum atomic E-state index is 11.5. The van der Waals surface area contributed by atoms with E-state index in [9.17, 15) is 9.59 Å². The highest BCUT2D eigenvalue weighted by molar-refractivity contribution is 7.14. The third-order valence-electron chi connectivity index (χ3n) is 1.73. The summed E-state index contributed by atoms with van der Waals surface area (Å²) in [5.41, 5.74) is 0. The lowest BCUT2D eigenvalue weighted by atomic mass is 10.2. The van der Waals surface area contributed by atoms with E-state index in [2.05, 4.69) is 11.8 Å². The van der Waals surface area contributed by atoms with Crippen molar-refractivity contribution in [3.8, 4) is 11.8 Å². The van der Waals surface area contributed by atoms with Crippen LogP contribution >= 0.6 is 22.9 Å². The molecule has 16 heavy (non-hydrogen) atoms. The number of carboxylic acids is 1. The number of hydrogen-bond acceptors (Lipinski definition) is 3. The molecule has 84 valence electrons. The first-order chi connectivity index (χ1) is 7.63. The molecule has 1 aromatic heterocycles. The maximum Gasteiger partial charge on any atom is 0.303 e. The first-order valence-electron chi connectivity index (χ1n) is 4.53. The van der Waals surface area contributed by atoms with Crippen LogP contribution in [0.1, 0.15) is 27.4 Å². The van der Waals surface area contributed by atoms with Gasteiger partial charge in [-0.3, -0.25) is 9.59 Å². The summed E-state index contributed by atoms with van der Waals surface area (Å²) in [5.74, 6) is 4.61. The highest BCUT2D eigenvalue weighted by atomic mass is 35.5. The number of alkyl halides is 1. The van der Waals surface area contributed by atoms with Crippen LogP contribution in [-0.4, -0.2) is 22.7 Å². The Morgan fingerprint density at radius 2 is 2.12 bits per heavy atom. The van der Waals surface area contributed by atoms with Gasteiger partial charge < -0.3 is 5.11 Å². The first-order valence-corrected chi connectivity index (χ1v) is 5.88. The third-order valence-corrected chi connectivity index (χ3v) is 2.90. The van der Waals surface area contributed by atoms with Gasteiger partial charge in [0.1, 0.15) is 0 Å². The molecule has 3 nitrogen and oxygen atoms in total. The molecule has 0 atom stereocenters. The average molecular weight is 257 g/mol. The van der Waals surface area contributed by atoms with Crippen LogP contribution in [0.2, 0.25) is 0 Å². The molecule has 1 aromatic rings. The predicted molar refractivity (Wildman–Crippen MR) is 63.1 cm³/mol. The summed E-state index contributed by atoms with van der Waals surface area (Å²) in [5, 5.41) is 8.44. The number of ketones is 1. The monoisotopic (exact) mass is 256 g/mol. The maximum absolute atomic E-state index is 11.5. The Balaban J connectivity index is 2.63. The number of halogens is 1. The average Bonchev–Trinajstić information content (AvgIpc) is 2.71. The highest BCUT2D eigenvalue weighted by Gasteiger charge is 2.10. The molecule has 0 aliphatic rings. The largest absolute Gasteiger partial charge is 0.481 e. The van der Waals surface area contributed by atoms with E-state index < -0.39 is 5.97 Å². The summed E-state index contributed by atoms with van der Waals surface area (Å²) in [7, 11) is 0.